The number of rotatable bonds is 3. The maximum atomic E-state index is 14.6. The number of benzene rings is 1. The Hall–Kier alpha value is -2.86. The van der Waals surface area contributed by atoms with Crippen molar-refractivity contribution in [3.8, 4) is 11.9 Å². The van der Waals surface area contributed by atoms with E-state index < -0.39 is 17.7 Å². The number of allylic oxidation sites excluding steroid dienone is 1. The average Bonchev–Trinajstić information content (AvgIpc) is 2.96. The zero-order chi connectivity index (χ0) is 18.1. The van der Waals surface area contributed by atoms with Crippen molar-refractivity contribution in [2.45, 2.75) is 12.3 Å². The molecule has 1 aromatic carbocycles. The van der Waals surface area contributed by atoms with E-state index in [-0.39, 0.29) is 29.3 Å². The van der Waals surface area contributed by atoms with Crippen molar-refractivity contribution >= 4 is 21.9 Å². The number of carbonyl (C=O) groups is 1. The number of esters is 1. The summed E-state index contributed by atoms with van der Waals surface area (Å²) in [5, 5.41) is 16.2. The van der Waals surface area contributed by atoms with Crippen LogP contribution in [0.5, 0.6) is 5.88 Å². The Kier molecular flexibility index (Phi) is 4.46. The van der Waals surface area contributed by atoms with Crippen molar-refractivity contribution in [2.75, 3.05) is 7.11 Å². The minimum Gasteiger partial charge on any atom is -0.469 e. The maximum Gasteiger partial charge on any atom is 0.311 e. The predicted octanol–water partition coefficient (Wildman–Crippen LogP) is 2.24. The summed E-state index contributed by atoms with van der Waals surface area (Å²) >= 11 is 3.20. The van der Waals surface area contributed by atoms with Gasteiger partial charge in [-0.25, -0.2) is 4.39 Å². The minimum atomic E-state index is -0.847. The number of hydrogen-bond acceptors (Lipinski definition) is 6. The lowest BCUT2D eigenvalue weighted by Gasteiger charge is -2.24. The number of halogens is 2. The van der Waals surface area contributed by atoms with Gasteiger partial charge in [-0.2, -0.15) is 5.26 Å². The van der Waals surface area contributed by atoms with E-state index in [1.54, 1.807) is 12.1 Å². The second-order valence-electron chi connectivity index (χ2n) is 5.26. The predicted molar refractivity (Wildman–Crippen MR) is 87.7 cm³/mol. The first-order valence-electron chi connectivity index (χ1n) is 7.12. The smallest absolute Gasteiger partial charge is 0.311 e. The lowest BCUT2D eigenvalue weighted by molar-refractivity contribution is -0.139. The van der Waals surface area contributed by atoms with Gasteiger partial charge in [-0.05, 0) is 12.1 Å². The van der Waals surface area contributed by atoms with Crippen LogP contribution in [0.15, 0.2) is 34.1 Å². The lowest BCUT2D eigenvalue weighted by atomic mass is 9.83. The number of nitrogens with two attached hydrogens (primary N) is 1. The highest BCUT2D eigenvalue weighted by molar-refractivity contribution is 9.10. The van der Waals surface area contributed by atoms with Gasteiger partial charge in [0, 0.05) is 10.0 Å². The molecule has 0 aliphatic carbocycles. The van der Waals surface area contributed by atoms with Crippen molar-refractivity contribution in [2.24, 2.45) is 5.73 Å². The van der Waals surface area contributed by atoms with Gasteiger partial charge in [-0.1, -0.05) is 22.0 Å². The van der Waals surface area contributed by atoms with Gasteiger partial charge >= 0.3 is 5.97 Å². The summed E-state index contributed by atoms with van der Waals surface area (Å²) in [7, 11) is 1.26. The summed E-state index contributed by atoms with van der Waals surface area (Å²) < 4.78 is 25.1. The molecule has 2 heterocycles. The molecule has 1 aliphatic heterocycles. The van der Waals surface area contributed by atoms with Gasteiger partial charge in [0.1, 0.15) is 17.5 Å². The fourth-order valence-electron chi connectivity index (χ4n) is 2.71. The molecule has 0 fully saturated rings. The number of nitrogens with zero attached hydrogens (tertiary/aromatic N) is 2. The molecule has 1 aliphatic rings. The fraction of sp³-hybridized carbons (Fsp3) is 0.188. The van der Waals surface area contributed by atoms with Gasteiger partial charge in [-0.3, -0.25) is 9.89 Å². The van der Waals surface area contributed by atoms with Crippen LogP contribution in [0.2, 0.25) is 0 Å². The molecular weight excluding hydrogens is 395 g/mol. The third-order valence-corrected chi connectivity index (χ3v) is 4.33. The first-order valence-corrected chi connectivity index (χ1v) is 7.92. The fourth-order valence-corrected chi connectivity index (χ4v) is 3.04. The largest absolute Gasteiger partial charge is 0.469 e. The number of fused-ring (bicyclic) bond motifs is 1. The highest BCUT2D eigenvalue weighted by Crippen LogP contribution is 2.43. The number of methoxy groups -OCH3 is 1. The summed E-state index contributed by atoms with van der Waals surface area (Å²) in [6.07, 6.45) is -0.130. The van der Waals surface area contributed by atoms with Crippen molar-refractivity contribution in [3.63, 3.8) is 0 Å². The van der Waals surface area contributed by atoms with Crippen LogP contribution in [0.3, 0.4) is 0 Å². The number of ether oxygens (including phenoxy) is 2. The number of nitrogens with one attached hydrogen (secondary N) is 1. The van der Waals surface area contributed by atoms with Gasteiger partial charge in [0.2, 0.25) is 11.8 Å². The van der Waals surface area contributed by atoms with E-state index in [2.05, 4.69) is 30.9 Å². The van der Waals surface area contributed by atoms with E-state index in [9.17, 15) is 14.4 Å². The highest BCUT2D eigenvalue weighted by atomic mass is 79.9. The summed E-state index contributed by atoms with van der Waals surface area (Å²) in [5.74, 6) is -1.94. The van der Waals surface area contributed by atoms with Crippen LogP contribution in [0.4, 0.5) is 4.39 Å². The quantitative estimate of drug-likeness (QED) is 0.755. The number of nitriles is 1. The van der Waals surface area contributed by atoms with Crippen molar-refractivity contribution < 1.29 is 18.7 Å². The third-order valence-electron chi connectivity index (χ3n) is 3.84. The van der Waals surface area contributed by atoms with E-state index in [1.165, 1.54) is 13.2 Å². The number of carbonyl (C=O) groups excluding carboxylic acids is 1. The van der Waals surface area contributed by atoms with Gasteiger partial charge in [-0.15, -0.1) is 5.10 Å². The Morgan fingerprint density at radius 3 is 3.00 bits per heavy atom. The van der Waals surface area contributed by atoms with Crippen molar-refractivity contribution in [1.82, 2.24) is 10.2 Å². The molecule has 0 radical (unpaired) electrons. The van der Waals surface area contributed by atoms with E-state index in [0.717, 1.165) is 0 Å². The van der Waals surface area contributed by atoms with Crippen LogP contribution < -0.4 is 10.5 Å². The van der Waals surface area contributed by atoms with Crippen LogP contribution in [0.25, 0.3) is 0 Å². The van der Waals surface area contributed by atoms with Crippen LogP contribution in [-0.2, 0) is 16.0 Å². The zero-order valence-corrected chi connectivity index (χ0v) is 14.6. The zero-order valence-electron chi connectivity index (χ0n) is 13.0. The van der Waals surface area contributed by atoms with E-state index in [0.29, 0.717) is 15.7 Å². The Morgan fingerprint density at radius 2 is 2.36 bits per heavy atom. The van der Waals surface area contributed by atoms with Crippen LogP contribution >= 0.6 is 15.9 Å². The van der Waals surface area contributed by atoms with Crippen LogP contribution in [0.1, 0.15) is 22.7 Å². The highest BCUT2D eigenvalue weighted by Gasteiger charge is 2.37. The molecule has 2 aromatic rings. The molecule has 3 rings (SSSR count). The van der Waals surface area contributed by atoms with Crippen molar-refractivity contribution in [1.29, 1.82) is 5.26 Å². The molecule has 1 unspecified atom stereocenters. The van der Waals surface area contributed by atoms with Crippen LogP contribution in [0, 0.1) is 17.1 Å². The molecule has 9 heteroatoms. The molecule has 1 atom stereocenters. The monoisotopic (exact) mass is 406 g/mol. The normalized spacial score (nSPS) is 16.0. The minimum absolute atomic E-state index is 0.0428. The SMILES string of the molecule is COC(=O)Cc1[nH]nc2c1C(c1ccc(Br)cc1F)C(C#N)=C(N)O2. The van der Waals surface area contributed by atoms with E-state index in [1.807, 2.05) is 6.07 Å². The molecule has 0 amide bonds. The molecular formula is C16H12BrFN4O3. The molecule has 128 valence electrons. The van der Waals surface area contributed by atoms with E-state index in [4.69, 9.17) is 10.5 Å². The molecule has 7 nitrogen and oxygen atoms in total. The Morgan fingerprint density at radius 1 is 1.60 bits per heavy atom. The second-order valence-corrected chi connectivity index (χ2v) is 6.18. The molecule has 0 bridgehead atoms. The topological polar surface area (TPSA) is 114 Å². The lowest BCUT2D eigenvalue weighted by Crippen LogP contribution is -2.22. The average molecular weight is 407 g/mol. The molecule has 3 N–H and O–H groups in total. The number of H-pyrrole nitrogens is 1. The molecule has 0 saturated heterocycles. The molecule has 1 aromatic heterocycles. The first kappa shape index (κ1) is 17.0. The number of hydrogen-bond donors (Lipinski definition) is 2. The summed E-state index contributed by atoms with van der Waals surface area (Å²) in [4.78, 5) is 11.6. The number of aromatic nitrogens is 2. The van der Waals surface area contributed by atoms with Crippen LogP contribution in [-0.4, -0.2) is 23.3 Å². The van der Waals surface area contributed by atoms with Gasteiger partial charge in [0.25, 0.3) is 0 Å². The van der Waals surface area contributed by atoms with Gasteiger partial charge in [0.15, 0.2) is 0 Å². The van der Waals surface area contributed by atoms with Crippen molar-refractivity contribution in [3.05, 3.63) is 56.8 Å². The standard InChI is InChI=1S/C16H12BrFN4O3/c1-24-12(23)5-11-14-13(8-3-2-7(17)4-10(8)18)9(6-19)15(20)25-16(14)22-21-11/h2-4,13H,5,20H2,1H3,(H,21,22). The van der Waals surface area contributed by atoms with E-state index >= 15 is 0 Å². The Balaban J connectivity index is 2.20. The maximum absolute atomic E-state index is 14.6. The summed E-state index contributed by atoms with van der Waals surface area (Å²) in [6, 6.07) is 6.44. The molecule has 0 spiro atoms. The Labute approximate surface area is 150 Å². The Bertz CT molecular complexity index is 932. The first-order chi connectivity index (χ1) is 12.0. The summed E-state index contributed by atoms with van der Waals surface area (Å²) in [5.41, 5.74) is 6.83. The second kappa shape index (κ2) is 6.57. The molecule has 0 saturated carbocycles. The van der Waals surface area contributed by atoms with Gasteiger partial charge < -0.3 is 15.2 Å². The number of aromatic amines is 1. The molecule has 25 heavy (non-hydrogen) atoms. The van der Waals surface area contributed by atoms with Gasteiger partial charge in [0.05, 0.1) is 30.7 Å². The third kappa shape index (κ3) is 2.96. The summed E-state index contributed by atoms with van der Waals surface area (Å²) in [6.45, 7) is 0.